The average molecular weight is 276 g/mol. The number of hydrogen-bond acceptors (Lipinski definition) is 4. The molecule has 1 unspecified atom stereocenters. The number of ether oxygens (including phenoxy) is 1. The van der Waals surface area contributed by atoms with Crippen molar-refractivity contribution in [2.24, 2.45) is 7.05 Å². The standard InChI is InChI=1S/C14H16N2O2S/c1-16-12-5-3-2-4-10(12)11(15-16)8-13(17)14-9-19-7-6-18-14/h2-5,14H,6-9H2,1H3. The lowest BCUT2D eigenvalue weighted by molar-refractivity contribution is -0.128. The highest BCUT2D eigenvalue weighted by Gasteiger charge is 2.24. The van der Waals surface area contributed by atoms with E-state index in [9.17, 15) is 4.79 Å². The van der Waals surface area contributed by atoms with Crippen molar-refractivity contribution in [2.45, 2.75) is 12.5 Å². The van der Waals surface area contributed by atoms with E-state index in [1.165, 1.54) is 0 Å². The molecule has 0 radical (unpaired) electrons. The molecule has 0 N–H and O–H groups in total. The first kappa shape index (κ1) is 12.7. The zero-order valence-electron chi connectivity index (χ0n) is 10.8. The van der Waals surface area contributed by atoms with Gasteiger partial charge in [0.05, 0.1) is 24.2 Å². The second-order valence-corrected chi connectivity index (χ2v) is 5.81. The quantitative estimate of drug-likeness (QED) is 0.857. The molecule has 1 atom stereocenters. The molecular formula is C14H16N2O2S. The molecule has 19 heavy (non-hydrogen) atoms. The van der Waals surface area contributed by atoms with Crippen LogP contribution >= 0.6 is 11.8 Å². The number of aryl methyl sites for hydroxylation is 1. The van der Waals surface area contributed by atoms with Gasteiger partial charge in [0.25, 0.3) is 0 Å². The fraction of sp³-hybridized carbons (Fsp3) is 0.429. The molecule has 2 aromatic rings. The minimum absolute atomic E-state index is 0.135. The third-order valence-electron chi connectivity index (χ3n) is 3.35. The van der Waals surface area contributed by atoms with Crippen LogP contribution in [-0.2, 0) is 23.0 Å². The number of Topliss-reactive ketones (excluding diaryl/α,β-unsaturated/α-hetero) is 1. The van der Waals surface area contributed by atoms with Gasteiger partial charge in [0.2, 0.25) is 0 Å². The van der Waals surface area contributed by atoms with Crippen LogP contribution in [0.4, 0.5) is 0 Å². The van der Waals surface area contributed by atoms with Crippen LogP contribution in [0, 0.1) is 0 Å². The van der Waals surface area contributed by atoms with E-state index < -0.39 is 0 Å². The summed E-state index contributed by atoms with van der Waals surface area (Å²) in [6.45, 7) is 0.671. The van der Waals surface area contributed by atoms with E-state index in [0.29, 0.717) is 13.0 Å². The lowest BCUT2D eigenvalue weighted by atomic mass is 10.1. The van der Waals surface area contributed by atoms with E-state index in [4.69, 9.17) is 4.74 Å². The minimum Gasteiger partial charge on any atom is -0.369 e. The van der Waals surface area contributed by atoms with E-state index in [-0.39, 0.29) is 11.9 Å². The number of aromatic nitrogens is 2. The third kappa shape index (κ3) is 2.53. The Bertz CT molecular complexity index is 603. The summed E-state index contributed by atoms with van der Waals surface area (Å²) in [4.78, 5) is 12.2. The number of benzene rings is 1. The van der Waals surface area contributed by atoms with Gasteiger partial charge < -0.3 is 4.74 Å². The van der Waals surface area contributed by atoms with Crippen LogP contribution < -0.4 is 0 Å². The van der Waals surface area contributed by atoms with Crippen LogP contribution in [0.5, 0.6) is 0 Å². The second kappa shape index (κ2) is 5.35. The largest absolute Gasteiger partial charge is 0.369 e. The molecule has 1 fully saturated rings. The van der Waals surface area contributed by atoms with Gasteiger partial charge >= 0.3 is 0 Å². The molecule has 1 aromatic heterocycles. The van der Waals surface area contributed by atoms with Crippen molar-refractivity contribution >= 4 is 28.4 Å². The highest BCUT2D eigenvalue weighted by Crippen LogP contribution is 2.20. The third-order valence-corrected chi connectivity index (χ3v) is 4.34. The van der Waals surface area contributed by atoms with Crippen molar-refractivity contribution in [2.75, 3.05) is 18.1 Å². The molecule has 1 aromatic carbocycles. The lowest BCUT2D eigenvalue weighted by Gasteiger charge is -2.20. The smallest absolute Gasteiger partial charge is 0.168 e. The van der Waals surface area contributed by atoms with Gasteiger partial charge in [-0.25, -0.2) is 0 Å². The van der Waals surface area contributed by atoms with Gasteiger partial charge in [0.15, 0.2) is 5.78 Å². The van der Waals surface area contributed by atoms with Crippen molar-refractivity contribution < 1.29 is 9.53 Å². The Balaban J connectivity index is 1.83. The van der Waals surface area contributed by atoms with E-state index in [1.54, 1.807) is 11.8 Å². The van der Waals surface area contributed by atoms with Crippen molar-refractivity contribution in [3.8, 4) is 0 Å². The van der Waals surface area contributed by atoms with Gasteiger partial charge in [0, 0.05) is 23.9 Å². The van der Waals surface area contributed by atoms with Crippen LogP contribution in [0.1, 0.15) is 5.69 Å². The molecule has 4 nitrogen and oxygen atoms in total. The molecule has 0 spiro atoms. The number of fused-ring (bicyclic) bond motifs is 1. The Labute approximate surface area is 116 Å². The number of para-hydroxylation sites is 1. The summed E-state index contributed by atoms with van der Waals surface area (Å²) < 4.78 is 7.35. The van der Waals surface area contributed by atoms with Crippen molar-refractivity contribution in [3.05, 3.63) is 30.0 Å². The molecule has 0 aliphatic carbocycles. The summed E-state index contributed by atoms with van der Waals surface area (Å²) in [5.74, 6) is 1.89. The normalized spacial score (nSPS) is 19.7. The van der Waals surface area contributed by atoms with E-state index in [2.05, 4.69) is 5.10 Å². The van der Waals surface area contributed by atoms with Gasteiger partial charge in [-0.05, 0) is 6.07 Å². The topological polar surface area (TPSA) is 44.1 Å². The van der Waals surface area contributed by atoms with Crippen molar-refractivity contribution in [3.63, 3.8) is 0 Å². The number of carbonyl (C=O) groups is 1. The molecule has 1 aliphatic heterocycles. The first-order valence-corrected chi connectivity index (χ1v) is 7.54. The van der Waals surface area contributed by atoms with Gasteiger partial charge in [-0.3, -0.25) is 9.48 Å². The van der Waals surface area contributed by atoms with Crippen molar-refractivity contribution in [1.82, 2.24) is 9.78 Å². The lowest BCUT2D eigenvalue weighted by Crippen LogP contribution is -2.32. The average Bonchev–Trinajstić information content (AvgIpc) is 2.77. The highest BCUT2D eigenvalue weighted by atomic mass is 32.2. The first-order valence-electron chi connectivity index (χ1n) is 6.38. The molecule has 0 saturated carbocycles. The fourth-order valence-corrected chi connectivity index (χ4v) is 3.25. The number of rotatable bonds is 3. The summed E-state index contributed by atoms with van der Waals surface area (Å²) >= 11 is 1.78. The monoisotopic (exact) mass is 276 g/mol. The van der Waals surface area contributed by atoms with E-state index in [1.807, 2.05) is 36.0 Å². The number of nitrogens with zero attached hydrogens (tertiary/aromatic N) is 2. The molecule has 5 heteroatoms. The molecule has 1 aliphatic rings. The van der Waals surface area contributed by atoms with Crippen LogP contribution in [-0.4, -0.2) is 39.8 Å². The maximum Gasteiger partial charge on any atom is 0.168 e. The Kier molecular flexibility index (Phi) is 3.57. The number of carbonyl (C=O) groups excluding carboxylic acids is 1. The number of ketones is 1. The molecule has 2 heterocycles. The van der Waals surface area contributed by atoms with Crippen LogP contribution in [0.25, 0.3) is 10.9 Å². The van der Waals surface area contributed by atoms with E-state index in [0.717, 1.165) is 28.1 Å². The minimum atomic E-state index is -0.264. The molecule has 0 amide bonds. The SMILES string of the molecule is Cn1nc(CC(=O)C2CSCCO2)c2ccccc21. The Morgan fingerprint density at radius 3 is 3.16 bits per heavy atom. The Hall–Kier alpha value is -1.33. The Morgan fingerprint density at radius 1 is 1.53 bits per heavy atom. The molecule has 3 rings (SSSR count). The zero-order chi connectivity index (χ0) is 13.2. The van der Waals surface area contributed by atoms with Gasteiger partial charge in [-0.15, -0.1) is 0 Å². The van der Waals surface area contributed by atoms with Gasteiger partial charge in [-0.2, -0.15) is 16.9 Å². The summed E-state index contributed by atoms with van der Waals surface area (Å²) in [7, 11) is 1.91. The maximum absolute atomic E-state index is 12.2. The summed E-state index contributed by atoms with van der Waals surface area (Å²) in [6.07, 6.45) is 0.0894. The highest BCUT2D eigenvalue weighted by molar-refractivity contribution is 7.99. The second-order valence-electron chi connectivity index (χ2n) is 4.66. The predicted molar refractivity (Wildman–Crippen MR) is 76.5 cm³/mol. The zero-order valence-corrected chi connectivity index (χ0v) is 11.7. The summed E-state index contributed by atoms with van der Waals surface area (Å²) in [6, 6.07) is 7.99. The van der Waals surface area contributed by atoms with Crippen LogP contribution in [0.2, 0.25) is 0 Å². The summed E-state index contributed by atoms with van der Waals surface area (Å²) in [5.41, 5.74) is 1.91. The van der Waals surface area contributed by atoms with Crippen LogP contribution in [0.15, 0.2) is 24.3 Å². The Morgan fingerprint density at radius 2 is 2.37 bits per heavy atom. The molecule has 100 valence electrons. The first-order chi connectivity index (χ1) is 9.25. The van der Waals surface area contributed by atoms with Gasteiger partial charge in [-0.1, -0.05) is 18.2 Å². The molecule has 0 bridgehead atoms. The predicted octanol–water partition coefficient (Wildman–Crippen LogP) is 1.82. The maximum atomic E-state index is 12.2. The van der Waals surface area contributed by atoms with Crippen molar-refractivity contribution in [1.29, 1.82) is 0 Å². The summed E-state index contributed by atoms with van der Waals surface area (Å²) in [5, 5.41) is 5.52. The molecular weight excluding hydrogens is 260 g/mol. The number of thioether (sulfide) groups is 1. The van der Waals surface area contributed by atoms with Crippen LogP contribution in [0.3, 0.4) is 0 Å². The van der Waals surface area contributed by atoms with E-state index >= 15 is 0 Å². The molecule has 1 saturated heterocycles. The number of hydrogen-bond donors (Lipinski definition) is 0. The fourth-order valence-electron chi connectivity index (χ4n) is 2.37. The van der Waals surface area contributed by atoms with Gasteiger partial charge in [0.1, 0.15) is 6.10 Å².